The van der Waals surface area contributed by atoms with Crippen molar-refractivity contribution in [2.75, 3.05) is 6.61 Å². The van der Waals surface area contributed by atoms with Crippen LogP contribution < -0.4 is 5.73 Å². The number of aliphatic hydroxyl groups is 2. The van der Waals surface area contributed by atoms with E-state index in [1.165, 1.54) is 6.92 Å². The Labute approximate surface area is 185 Å². The number of H-pyrrole nitrogens is 1. The van der Waals surface area contributed by atoms with E-state index < -0.39 is 36.6 Å². The fraction of sp³-hybridized carbons (Fsp3) is 0.391. The zero-order chi connectivity index (χ0) is 22.8. The number of aromatic nitrogens is 1. The Morgan fingerprint density at radius 2 is 2.09 bits per heavy atom. The first-order valence-electron chi connectivity index (χ1n) is 10.5. The molecule has 9 heteroatoms. The van der Waals surface area contributed by atoms with E-state index in [0.29, 0.717) is 18.4 Å². The second-order valence-electron chi connectivity index (χ2n) is 8.09. The highest BCUT2D eigenvalue weighted by molar-refractivity contribution is 5.93. The van der Waals surface area contributed by atoms with Gasteiger partial charge >= 0.3 is 5.97 Å². The van der Waals surface area contributed by atoms with Crippen molar-refractivity contribution in [2.45, 2.75) is 50.3 Å². The molecule has 2 aliphatic heterocycles. The lowest BCUT2D eigenvalue weighted by Gasteiger charge is -2.28. The van der Waals surface area contributed by atoms with E-state index in [0.717, 1.165) is 16.5 Å². The summed E-state index contributed by atoms with van der Waals surface area (Å²) in [7, 11) is 0. The number of nitrogens with one attached hydrogen (secondary N) is 1. The number of benzene rings is 1. The van der Waals surface area contributed by atoms with Crippen molar-refractivity contribution in [1.29, 1.82) is 0 Å². The van der Waals surface area contributed by atoms with Gasteiger partial charge in [-0.25, -0.2) is 0 Å². The molecule has 2 aliphatic rings. The number of rotatable bonds is 7. The molecule has 4 rings (SSSR count). The number of fused-ring (bicyclic) bond motifs is 1. The smallest absolute Gasteiger partial charge is 0.323 e. The maximum absolute atomic E-state index is 12.4. The number of ether oxygens (including phenoxy) is 2. The van der Waals surface area contributed by atoms with Crippen LogP contribution >= 0.6 is 0 Å². The van der Waals surface area contributed by atoms with Crippen molar-refractivity contribution in [3.63, 3.8) is 0 Å². The van der Waals surface area contributed by atoms with Crippen LogP contribution in [0.4, 0.5) is 0 Å². The number of aliphatic hydroxyl groups excluding tert-OH is 2. The average Bonchev–Trinajstić information content (AvgIpc) is 3.33. The Hall–Kier alpha value is -2.98. The summed E-state index contributed by atoms with van der Waals surface area (Å²) in [5.74, 6) is -0.706. The second kappa shape index (κ2) is 9.25. The molecule has 0 radical (unpaired) electrons. The topological polar surface area (TPSA) is 138 Å². The molecule has 5 atom stereocenters. The van der Waals surface area contributed by atoms with Crippen LogP contribution in [0.15, 0.2) is 54.5 Å². The van der Waals surface area contributed by atoms with Gasteiger partial charge in [-0.05, 0) is 25.0 Å². The number of nitrogens with zero attached hydrogens (tertiary/aromatic N) is 1. The van der Waals surface area contributed by atoms with E-state index in [1.54, 1.807) is 23.4 Å². The summed E-state index contributed by atoms with van der Waals surface area (Å²) in [6.07, 6.45) is 3.31. The van der Waals surface area contributed by atoms with E-state index in [2.05, 4.69) is 4.98 Å². The fourth-order valence-corrected chi connectivity index (χ4v) is 3.98. The lowest BCUT2D eigenvalue weighted by molar-refractivity contribution is -0.152. The summed E-state index contributed by atoms with van der Waals surface area (Å²) in [5, 5.41) is 21.8. The zero-order valence-corrected chi connectivity index (χ0v) is 17.7. The SMILES string of the molecule is CC(=O)C1=CN([C@@H]2O[C@H](COC(=O)[C@@H](N)Cc3c[nH]c4ccccc34)[C@@H](O)[C@H]2O)C=CC1. The first kappa shape index (κ1) is 22.2. The molecule has 1 aromatic carbocycles. The third-order valence-electron chi connectivity index (χ3n) is 5.81. The molecule has 1 fully saturated rings. The average molecular weight is 441 g/mol. The number of hydrogen-bond acceptors (Lipinski definition) is 8. The van der Waals surface area contributed by atoms with Crippen molar-refractivity contribution >= 4 is 22.7 Å². The Kier molecular flexibility index (Phi) is 6.43. The van der Waals surface area contributed by atoms with Gasteiger partial charge < -0.3 is 35.3 Å². The van der Waals surface area contributed by atoms with E-state index >= 15 is 0 Å². The zero-order valence-electron chi connectivity index (χ0n) is 17.7. The Balaban J connectivity index is 1.34. The molecular weight excluding hydrogens is 414 g/mol. The summed E-state index contributed by atoms with van der Waals surface area (Å²) in [5.41, 5.74) is 8.46. The summed E-state index contributed by atoms with van der Waals surface area (Å²) in [4.78, 5) is 28.8. The molecule has 3 heterocycles. The van der Waals surface area contributed by atoms with Gasteiger partial charge in [0.25, 0.3) is 0 Å². The first-order chi connectivity index (χ1) is 15.3. The molecule has 0 spiro atoms. The fourth-order valence-electron chi connectivity index (χ4n) is 3.98. The number of nitrogens with two attached hydrogens (primary N) is 1. The monoisotopic (exact) mass is 441 g/mol. The quantitative estimate of drug-likeness (QED) is 0.461. The highest BCUT2D eigenvalue weighted by Gasteiger charge is 2.45. The van der Waals surface area contributed by atoms with Crippen molar-refractivity contribution in [1.82, 2.24) is 9.88 Å². The summed E-state index contributed by atoms with van der Waals surface area (Å²) in [6, 6.07) is 6.83. The largest absolute Gasteiger partial charge is 0.462 e. The Morgan fingerprint density at radius 3 is 2.88 bits per heavy atom. The molecule has 9 nitrogen and oxygen atoms in total. The maximum Gasteiger partial charge on any atom is 0.323 e. The van der Waals surface area contributed by atoms with E-state index in [1.807, 2.05) is 30.5 Å². The molecule has 32 heavy (non-hydrogen) atoms. The molecule has 0 saturated carbocycles. The molecule has 5 N–H and O–H groups in total. The molecule has 2 aromatic rings. The number of Topliss-reactive ketones (excluding diaryl/α,β-unsaturated/α-hetero) is 1. The van der Waals surface area contributed by atoms with Crippen molar-refractivity contribution < 1.29 is 29.3 Å². The third-order valence-corrected chi connectivity index (χ3v) is 5.81. The minimum Gasteiger partial charge on any atom is -0.462 e. The van der Waals surface area contributed by atoms with Gasteiger partial charge in [0.15, 0.2) is 12.0 Å². The van der Waals surface area contributed by atoms with Gasteiger partial charge in [0.2, 0.25) is 0 Å². The molecule has 1 saturated heterocycles. The van der Waals surface area contributed by atoms with Crippen molar-refractivity contribution in [3.8, 4) is 0 Å². The van der Waals surface area contributed by atoms with Gasteiger partial charge in [0.05, 0.1) is 0 Å². The highest BCUT2D eigenvalue weighted by atomic mass is 16.6. The first-order valence-corrected chi connectivity index (χ1v) is 10.5. The van der Waals surface area contributed by atoms with E-state index in [9.17, 15) is 19.8 Å². The third kappa shape index (κ3) is 4.46. The number of hydrogen-bond donors (Lipinski definition) is 4. The number of allylic oxidation sites excluding steroid dienone is 2. The number of ketones is 1. The Morgan fingerprint density at radius 1 is 1.31 bits per heavy atom. The normalized spacial score (nSPS) is 26.2. The lowest BCUT2D eigenvalue weighted by atomic mass is 10.1. The minimum absolute atomic E-state index is 0.0814. The molecule has 170 valence electrons. The number of esters is 1. The standard InChI is InChI=1S/C23H27N3O6/c1-13(27)14-5-4-8-26(11-14)22-21(29)20(28)19(32-22)12-31-23(30)17(24)9-15-10-25-18-7-3-2-6-16(15)18/h2-4,6-8,10-11,17,19-22,25,28-29H,5,9,12,24H2,1H3/t17-,19+,20+,21+,22+/m0/s1. The number of para-hydroxylation sites is 1. The second-order valence-corrected chi connectivity index (χ2v) is 8.09. The van der Waals surface area contributed by atoms with Crippen LogP contribution in [-0.2, 0) is 25.5 Å². The van der Waals surface area contributed by atoms with Crippen molar-refractivity contribution in [2.24, 2.45) is 5.73 Å². The van der Waals surface area contributed by atoms with E-state index in [-0.39, 0.29) is 12.4 Å². The maximum atomic E-state index is 12.4. The molecule has 1 aromatic heterocycles. The van der Waals surface area contributed by atoms with Crippen LogP contribution in [0.3, 0.4) is 0 Å². The van der Waals surface area contributed by atoms with Crippen LogP contribution in [0.5, 0.6) is 0 Å². The molecule has 0 amide bonds. The molecule has 0 bridgehead atoms. The van der Waals surface area contributed by atoms with Crippen LogP contribution in [0.1, 0.15) is 18.9 Å². The minimum atomic E-state index is -1.26. The molecule has 0 aliphatic carbocycles. The highest BCUT2D eigenvalue weighted by Crippen LogP contribution is 2.28. The predicted octanol–water partition coefficient (Wildman–Crippen LogP) is 0.720. The van der Waals surface area contributed by atoms with Gasteiger partial charge in [0.1, 0.15) is 31.0 Å². The van der Waals surface area contributed by atoms with Crippen LogP contribution in [0.2, 0.25) is 0 Å². The number of carbonyl (C=O) groups is 2. The summed E-state index contributed by atoms with van der Waals surface area (Å²) in [6.45, 7) is 1.21. The van der Waals surface area contributed by atoms with Gasteiger partial charge in [-0.1, -0.05) is 24.3 Å². The van der Waals surface area contributed by atoms with Crippen LogP contribution in [-0.4, -0.2) is 69.0 Å². The molecular formula is C23H27N3O6. The van der Waals surface area contributed by atoms with Gasteiger partial charge in [-0.3, -0.25) is 9.59 Å². The summed E-state index contributed by atoms with van der Waals surface area (Å²) < 4.78 is 11.0. The van der Waals surface area contributed by atoms with Gasteiger partial charge in [-0.2, -0.15) is 0 Å². The van der Waals surface area contributed by atoms with Crippen molar-refractivity contribution in [3.05, 3.63) is 60.1 Å². The summed E-state index contributed by atoms with van der Waals surface area (Å²) >= 11 is 0. The molecule has 0 unspecified atom stereocenters. The van der Waals surface area contributed by atoms with Gasteiger partial charge in [-0.15, -0.1) is 0 Å². The van der Waals surface area contributed by atoms with E-state index in [4.69, 9.17) is 15.2 Å². The number of carbonyl (C=O) groups excluding carboxylic acids is 2. The predicted molar refractivity (Wildman–Crippen MR) is 116 cm³/mol. The lowest BCUT2D eigenvalue weighted by Crippen LogP contribution is -2.40. The van der Waals surface area contributed by atoms with Crippen LogP contribution in [0, 0.1) is 0 Å². The van der Waals surface area contributed by atoms with Crippen LogP contribution in [0.25, 0.3) is 10.9 Å². The van der Waals surface area contributed by atoms with Gasteiger partial charge in [0, 0.05) is 41.5 Å². The number of aromatic amines is 1. The Bertz CT molecular complexity index is 1060.